The van der Waals surface area contributed by atoms with Crippen LogP contribution in [0.4, 0.5) is 0 Å². The lowest BCUT2D eigenvalue weighted by molar-refractivity contribution is 0.0951. The summed E-state index contributed by atoms with van der Waals surface area (Å²) >= 11 is 0. The number of hydrogen-bond donors (Lipinski definition) is 1. The molecule has 0 aliphatic rings. The Balaban J connectivity index is 1.82. The number of likely N-dealkylation sites (N-methyl/N-ethyl adjacent to an activating group) is 1. The van der Waals surface area contributed by atoms with E-state index in [9.17, 15) is 4.79 Å². The molecule has 5 heteroatoms. The SMILES string of the molecule is CCN(Cc1ccc(C(=O)NCc2ccc(OCCN(C)C)cc2)cc1)C(C)C. The fraction of sp³-hybridized carbons (Fsp3) is 0.458. The third-order valence-electron chi connectivity index (χ3n) is 4.92. The van der Waals surface area contributed by atoms with Crippen molar-refractivity contribution in [3.63, 3.8) is 0 Å². The van der Waals surface area contributed by atoms with Crippen LogP contribution in [-0.2, 0) is 13.1 Å². The molecule has 29 heavy (non-hydrogen) atoms. The Labute approximate surface area is 175 Å². The number of amides is 1. The van der Waals surface area contributed by atoms with Gasteiger partial charge in [0.25, 0.3) is 5.91 Å². The molecule has 1 N–H and O–H groups in total. The Morgan fingerprint density at radius 3 is 2.17 bits per heavy atom. The van der Waals surface area contributed by atoms with Gasteiger partial charge in [-0.2, -0.15) is 0 Å². The van der Waals surface area contributed by atoms with Crippen LogP contribution in [0, 0.1) is 0 Å². The smallest absolute Gasteiger partial charge is 0.251 e. The number of carbonyl (C=O) groups is 1. The molecule has 0 saturated carbocycles. The lowest BCUT2D eigenvalue weighted by Gasteiger charge is -2.24. The quantitative estimate of drug-likeness (QED) is 0.627. The molecule has 0 aliphatic heterocycles. The highest BCUT2D eigenvalue weighted by Crippen LogP contribution is 2.13. The summed E-state index contributed by atoms with van der Waals surface area (Å²) in [5.41, 5.74) is 2.96. The number of carbonyl (C=O) groups excluding carboxylic acids is 1. The highest BCUT2D eigenvalue weighted by Gasteiger charge is 2.09. The van der Waals surface area contributed by atoms with E-state index in [2.05, 4.69) is 35.9 Å². The molecular weight excluding hydrogens is 362 g/mol. The van der Waals surface area contributed by atoms with Crippen LogP contribution in [0.25, 0.3) is 0 Å². The molecule has 0 spiro atoms. The van der Waals surface area contributed by atoms with Crippen molar-refractivity contribution in [1.29, 1.82) is 0 Å². The molecule has 0 unspecified atom stereocenters. The zero-order chi connectivity index (χ0) is 21.2. The summed E-state index contributed by atoms with van der Waals surface area (Å²) in [5.74, 6) is 0.791. The highest BCUT2D eigenvalue weighted by molar-refractivity contribution is 5.94. The summed E-state index contributed by atoms with van der Waals surface area (Å²) in [5, 5.41) is 2.99. The van der Waals surface area contributed by atoms with Crippen LogP contribution in [0.15, 0.2) is 48.5 Å². The van der Waals surface area contributed by atoms with Crippen LogP contribution in [0.5, 0.6) is 5.75 Å². The molecule has 5 nitrogen and oxygen atoms in total. The minimum atomic E-state index is -0.0564. The fourth-order valence-corrected chi connectivity index (χ4v) is 2.99. The second kappa shape index (κ2) is 11.6. The van der Waals surface area contributed by atoms with Gasteiger partial charge in [-0.1, -0.05) is 31.2 Å². The minimum Gasteiger partial charge on any atom is -0.492 e. The number of nitrogens with one attached hydrogen (secondary N) is 1. The molecule has 158 valence electrons. The zero-order valence-electron chi connectivity index (χ0n) is 18.4. The molecule has 0 bridgehead atoms. The Morgan fingerprint density at radius 2 is 1.62 bits per heavy atom. The summed E-state index contributed by atoms with van der Waals surface area (Å²) in [6.07, 6.45) is 0. The van der Waals surface area contributed by atoms with Gasteiger partial charge in [0.1, 0.15) is 12.4 Å². The third kappa shape index (κ3) is 7.87. The van der Waals surface area contributed by atoms with E-state index in [1.54, 1.807) is 0 Å². The molecule has 2 aromatic rings. The molecule has 0 heterocycles. The van der Waals surface area contributed by atoms with Crippen LogP contribution >= 0.6 is 0 Å². The van der Waals surface area contributed by atoms with Crippen molar-refractivity contribution in [3.8, 4) is 5.75 Å². The summed E-state index contributed by atoms with van der Waals surface area (Å²) in [4.78, 5) is 16.9. The fourth-order valence-electron chi connectivity index (χ4n) is 2.99. The van der Waals surface area contributed by atoms with Crippen molar-refractivity contribution in [2.24, 2.45) is 0 Å². The molecule has 0 saturated heterocycles. The van der Waals surface area contributed by atoms with Crippen molar-refractivity contribution in [3.05, 3.63) is 65.2 Å². The van der Waals surface area contributed by atoms with Gasteiger partial charge in [0.05, 0.1) is 0 Å². The average molecular weight is 398 g/mol. The Kier molecular flexibility index (Phi) is 9.16. The maximum atomic E-state index is 12.4. The van der Waals surface area contributed by atoms with Crippen molar-refractivity contribution in [2.45, 2.75) is 39.9 Å². The first-order valence-corrected chi connectivity index (χ1v) is 10.4. The van der Waals surface area contributed by atoms with E-state index in [1.807, 2.05) is 62.6 Å². The Morgan fingerprint density at radius 1 is 1.00 bits per heavy atom. The molecule has 2 aromatic carbocycles. The highest BCUT2D eigenvalue weighted by atomic mass is 16.5. The van der Waals surface area contributed by atoms with E-state index in [-0.39, 0.29) is 5.91 Å². The molecule has 0 atom stereocenters. The predicted octanol–water partition coefficient (Wildman–Crippen LogP) is 3.79. The van der Waals surface area contributed by atoms with Gasteiger partial charge >= 0.3 is 0 Å². The van der Waals surface area contributed by atoms with Crippen LogP contribution in [0.2, 0.25) is 0 Å². The number of hydrogen-bond acceptors (Lipinski definition) is 4. The average Bonchev–Trinajstić information content (AvgIpc) is 2.71. The maximum absolute atomic E-state index is 12.4. The predicted molar refractivity (Wildman–Crippen MR) is 119 cm³/mol. The number of nitrogens with zero attached hydrogens (tertiary/aromatic N) is 2. The summed E-state index contributed by atoms with van der Waals surface area (Å²) < 4.78 is 5.70. The molecule has 2 rings (SSSR count). The summed E-state index contributed by atoms with van der Waals surface area (Å²) in [6.45, 7) is 10.5. The van der Waals surface area contributed by atoms with E-state index in [0.717, 1.165) is 30.9 Å². The van der Waals surface area contributed by atoms with Gasteiger partial charge in [-0.15, -0.1) is 0 Å². The summed E-state index contributed by atoms with van der Waals surface area (Å²) in [7, 11) is 4.04. The van der Waals surface area contributed by atoms with Crippen molar-refractivity contribution < 1.29 is 9.53 Å². The standard InChI is InChI=1S/C24H35N3O2/c1-6-27(19(2)3)18-21-7-11-22(12-8-21)24(28)25-17-20-9-13-23(14-10-20)29-16-15-26(4)5/h7-14,19H,6,15-18H2,1-5H3,(H,25,28). The van der Waals surface area contributed by atoms with Gasteiger partial charge < -0.3 is 15.0 Å². The van der Waals surface area contributed by atoms with Gasteiger partial charge in [-0.05, 0) is 69.9 Å². The van der Waals surface area contributed by atoms with Crippen LogP contribution in [0.3, 0.4) is 0 Å². The van der Waals surface area contributed by atoms with Crippen molar-refractivity contribution >= 4 is 5.91 Å². The Bertz CT molecular complexity index is 740. The molecule has 0 fully saturated rings. The molecular formula is C24H35N3O2. The van der Waals surface area contributed by atoms with Gasteiger partial charge in [0.15, 0.2) is 0 Å². The second-order valence-electron chi connectivity index (χ2n) is 7.83. The second-order valence-corrected chi connectivity index (χ2v) is 7.83. The van der Waals surface area contributed by atoms with Crippen molar-refractivity contribution in [2.75, 3.05) is 33.8 Å². The number of ether oxygens (including phenoxy) is 1. The van der Waals surface area contributed by atoms with Crippen LogP contribution in [0.1, 0.15) is 42.3 Å². The van der Waals surface area contributed by atoms with E-state index < -0.39 is 0 Å². The first-order valence-electron chi connectivity index (χ1n) is 10.4. The maximum Gasteiger partial charge on any atom is 0.251 e. The third-order valence-corrected chi connectivity index (χ3v) is 4.92. The molecule has 0 radical (unpaired) electrons. The zero-order valence-corrected chi connectivity index (χ0v) is 18.4. The Hall–Kier alpha value is -2.37. The molecule has 1 amide bonds. The van der Waals surface area contributed by atoms with E-state index in [1.165, 1.54) is 5.56 Å². The molecule has 0 aromatic heterocycles. The molecule has 0 aliphatic carbocycles. The first kappa shape index (κ1) is 22.9. The van der Waals surface area contributed by atoms with E-state index in [0.29, 0.717) is 24.8 Å². The van der Waals surface area contributed by atoms with Gasteiger partial charge in [0, 0.05) is 31.2 Å². The largest absolute Gasteiger partial charge is 0.492 e. The minimum absolute atomic E-state index is 0.0564. The lowest BCUT2D eigenvalue weighted by atomic mass is 10.1. The number of rotatable bonds is 11. The van der Waals surface area contributed by atoms with Crippen molar-refractivity contribution in [1.82, 2.24) is 15.1 Å². The van der Waals surface area contributed by atoms with Gasteiger partial charge in [-0.25, -0.2) is 0 Å². The van der Waals surface area contributed by atoms with Gasteiger partial charge in [0.2, 0.25) is 0 Å². The van der Waals surface area contributed by atoms with Gasteiger partial charge in [-0.3, -0.25) is 9.69 Å². The monoisotopic (exact) mass is 397 g/mol. The first-order chi connectivity index (χ1) is 13.9. The number of benzene rings is 2. The van der Waals surface area contributed by atoms with E-state index in [4.69, 9.17) is 4.74 Å². The van der Waals surface area contributed by atoms with Crippen LogP contribution in [-0.4, -0.2) is 55.5 Å². The lowest BCUT2D eigenvalue weighted by Crippen LogP contribution is -2.30. The van der Waals surface area contributed by atoms with Crippen LogP contribution < -0.4 is 10.1 Å². The topological polar surface area (TPSA) is 44.8 Å². The normalized spacial score (nSPS) is 11.3. The van der Waals surface area contributed by atoms with E-state index >= 15 is 0 Å². The summed E-state index contributed by atoms with van der Waals surface area (Å²) in [6, 6.07) is 16.3.